The molecule has 4 rings (SSSR count). The predicted octanol–water partition coefficient (Wildman–Crippen LogP) is 3.88. The van der Waals surface area contributed by atoms with Gasteiger partial charge >= 0.3 is 0 Å². The third-order valence-electron chi connectivity index (χ3n) is 6.14. The number of rotatable bonds is 5. The van der Waals surface area contributed by atoms with Gasteiger partial charge < -0.3 is 14.3 Å². The van der Waals surface area contributed by atoms with Gasteiger partial charge in [-0.1, -0.05) is 5.16 Å². The van der Waals surface area contributed by atoms with E-state index in [1.165, 1.54) is 12.8 Å². The summed E-state index contributed by atoms with van der Waals surface area (Å²) in [5.41, 5.74) is 3.92. The highest BCUT2D eigenvalue weighted by Crippen LogP contribution is 2.39. The summed E-state index contributed by atoms with van der Waals surface area (Å²) in [4.78, 5) is 29.0. The summed E-state index contributed by atoms with van der Waals surface area (Å²) in [6.45, 7) is 8.65. The largest absolute Gasteiger partial charge is 0.355 e. The zero-order valence-electron chi connectivity index (χ0n) is 17.2. The lowest BCUT2D eigenvalue weighted by Crippen LogP contribution is -2.34. The van der Waals surface area contributed by atoms with Crippen LogP contribution >= 0.6 is 0 Å². The van der Waals surface area contributed by atoms with Gasteiger partial charge in [0.25, 0.3) is 11.8 Å². The molecule has 2 aromatic rings. The summed E-state index contributed by atoms with van der Waals surface area (Å²) in [5.74, 6) is 1.15. The van der Waals surface area contributed by atoms with E-state index in [1.807, 2.05) is 37.8 Å². The minimum Gasteiger partial charge on any atom is -0.355 e. The van der Waals surface area contributed by atoms with Crippen LogP contribution in [0.4, 0.5) is 0 Å². The minimum atomic E-state index is -0.164. The highest BCUT2D eigenvalue weighted by Gasteiger charge is 2.39. The summed E-state index contributed by atoms with van der Waals surface area (Å²) >= 11 is 0. The molecule has 1 atom stereocenters. The van der Waals surface area contributed by atoms with E-state index < -0.39 is 0 Å². The molecule has 0 N–H and O–H groups in total. The first kappa shape index (κ1) is 18.7. The van der Waals surface area contributed by atoms with Crippen LogP contribution in [-0.2, 0) is 6.54 Å². The summed E-state index contributed by atoms with van der Waals surface area (Å²) < 4.78 is 5.47. The van der Waals surface area contributed by atoms with Crippen molar-refractivity contribution in [1.29, 1.82) is 0 Å². The maximum atomic E-state index is 12.9. The Morgan fingerprint density at radius 3 is 2.61 bits per heavy atom. The van der Waals surface area contributed by atoms with Crippen molar-refractivity contribution < 1.29 is 14.1 Å². The number of benzene rings is 1. The van der Waals surface area contributed by atoms with Crippen molar-refractivity contribution in [2.75, 3.05) is 7.05 Å². The lowest BCUT2D eigenvalue weighted by molar-refractivity contribution is 0.0695. The number of hydrogen-bond donors (Lipinski definition) is 0. The van der Waals surface area contributed by atoms with E-state index in [1.54, 1.807) is 18.0 Å². The van der Waals surface area contributed by atoms with E-state index in [4.69, 9.17) is 4.52 Å². The van der Waals surface area contributed by atoms with Gasteiger partial charge in [0.05, 0.1) is 0 Å². The molecule has 0 radical (unpaired) electrons. The number of carbonyl (C=O) groups is 2. The fraction of sp³-hybridized carbons (Fsp3) is 0.500. The van der Waals surface area contributed by atoms with Gasteiger partial charge in [-0.25, -0.2) is 0 Å². The van der Waals surface area contributed by atoms with Gasteiger partial charge in [-0.15, -0.1) is 0 Å². The number of amides is 2. The normalized spacial score (nSPS) is 17.2. The minimum absolute atomic E-state index is 0.0836. The molecule has 1 aromatic heterocycles. The number of aromatic nitrogens is 1. The van der Waals surface area contributed by atoms with Gasteiger partial charge in [-0.2, -0.15) is 0 Å². The zero-order chi connectivity index (χ0) is 20.2. The van der Waals surface area contributed by atoms with E-state index in [2.05, 4.69) is 12.1 Å². The molecule has 28 heavy (non-hydrogen) atoms. The Labute approximate surface area is 165 Å². The van der Waals surface area contributed by atoms with E-state index in [0.717, 1.165) is 22.3 Å². The Hall–Kier alpha value is -2.63. The Morgan fingerprint density at radius 1 is 1.25 bits per heavy atom. The van der Waals surface area contributed by atoms with Gasteiger partial charge in [0, 0.05) is 42.9 Å². The monoisotopic (exact) mass is 381 g/mol. The molecule has 2 amide bonds. The molecule has 148 valence electrons. The van der Waals surface area contributed by atoms with Crippen LogP contribution in [0.2, 0.25) is 0 Å². The lowest BCUT2D eigenvalue weighted by Gasteiger charge is -2.24. The van der Waals surface area contributed by atoms with Crippen LogP contribution in [0.5, 0.6) is 0 Å². The third-order valence-corrected chi connectivity index (χ3v) is 6.14. The fourth-order valence-electron chi connectivity index (χ4n) is 3.92. The number of nitrogens with zero attached hydrogens (tertiary/aromatic N) is 3. The van der Waals surface area contributed by atoms with Crippen molar-refractivity contribution in [2.45, 2.75) is 59.2 Å². The van der Waals surface area contributed by atoms with E-state index >= 15 is 0 Å². The molecule has 0 bridgehead atoms. The van der Waals surface area contributed by atoms with Crippen LogP contribution in [0.3, 0.4) is 0 Å². The highest BCUT2D eigenvalue weighted by molar-refractivity contribution is 6.00. The second-order valence-electron chi connectivity index (χ2n) is 8.42. The molecule has 0 saturated heterocycles. The summed E-state index contributed by atoms with van der Waals surface area (Å²) in [6.07, 6.45) is 2.43. The van der Waals surface area contributed by atoms with Crippen LogP contribution in [0.1, 0.15) is 65.6 Å². The molecule has 0 spiro atoms. The standard InChI is InChI=1S/C22H27N3O3/c1-12(2)24(5)21(26)18-10-19(28-23-18)16-8-13(3)20-17(9-16)11-25(22(20)27)14(4)15-6-7-15/h8-10,12,14-15H,6-7,11H2,1-5H3/t14-/m0/s1. The van der Waals surface area contributed by atoms with Crippen LogP contribution < -0.4 is 0 Å². The van der Waals surface area contributed by atoms with Crippen molar-refractivity contribution in [3.63, 3.8) is 0 Å². The smallest absolute Gasteiger partial charge is 0.276 e. The molecule has 6 nitrogen and oxygen atoms in total. The third kappa shape index (κ3) is 3.11. The second kappa shape index (κ2) is 6.76. The van der Waals surface area contributed by atoms with Gasteiger partial charge in [0.15, 0.2) is 11.5 Å². The first-order valence-electron chi connectivity index (χ1n) is 9.96. The molecular formula is C22H27N3O3. The molecule has 1 aliphatic carbocycles. The summed E-state index contributed by atoms with van der Waals surface area (Å²) in [5, 5.41) is 3.97. The average molecular weight is 381 g/mol. The topological polar surface area (TPSA) is 66.7 Å². The molecule has 1 aromatic carbocycles. The SMILES string of the molecule is Cc1cc(-c2cc(C(=O)N(C)C(C)C)no2)cc2c1C(=O)N([C@@H](C)C1CC1)C2. The maximum absolute atomic E-state index is 12.9. The number of carbonyl (C=O) groups excluding carboxylic acids is 2. The van der Waals surface area contributed by atoms with Gasteiger partial charge in [-0.3, -0.25) is 9.59 Å². The Morgan fingerprint density at radius 2 is 1.96 bits per heavy atom. The van der Waals surface area contributed by atoms with Crippen LogP contribution in [-0.4, -0.2) is 45.9 Å². The summed E-state index contributed by atoms with van der Waals surface area (Å²) in [6, 6.07) is 6.00. The van der Waals surface area contributed by atoms with Crippen molar-refractivity contribution in [1.82, 2.24) is 15.0 Å². The second-order valence-corrected chi connectivity index (χ2v) is 8.42. The molecule has 1 aliphatic heterocycles. The van der Waals surface area contributed by atoms with E-state index in [0.29, 0.717) is 23.9 Å². The first-order chi connectivity index (χ1) is 13.3. The average Bonchev–Trinajstić information content (AvgIpc) is 3.29. The Bertz CT molecular complexity index is 942. The fourth-order valence-corrected chi connectivity index (χ4v) is 3.92. The molecule has 1 saturated carbocycles. The molecule has 2 heterocycles. The van der Waals surface area contributed by atoms with Crippen LogP contribution in [0.15, 0.2) is 22.7 Å². The van der Waals surface area contributed by atoms with E-state index in [-0.39, 0.29) is 23.9 Å². The number of fused-ring (bicyclic) bond motifs is 1. The summed E-state index contributed by atoms with van der Waals surface area (Å²) in [7, 11) is 1.75. The molecular weight excluding hydrogens is 354 g/mol. The highest BCUT2D eigenvalue weighted by atomic mass is 16.5. The van der Waals surface area contributed by atoms with E-state index in [9.17, 15) is 9.59 Å². The van der Waals surface area contributed by atoms with Gasteiger partial charge in [0.1, 0.15) is 0 Å². The molecule has 1 fully saturated rings. The van der Waals surface area contributed by atoms with Gasteiger partial charge in [-0.05, 0) is 69.7 Å². The predicted molar refractivity (Wildman–Crippen MR) is 106 cm³/mol. The quantitative estimate of drug-likeness (QED) is 0.788. The van der Waals surface area contributed by atoms with Crippen LogP contribution in [0, 0.1) is 12.8 Å². The van der Waals surface area contributed by atoms with Crippen molar-refractivity contribution in [3.05, 3.63) is 40.6 Å². The maximum Gasteiger partial charge on any atom is 0.276 e. The van der Waals surface area contributed by atoms with Crippen molar-refractivity contribution in [2.24, 2.45) is 5.92 Å². The first-order valence-corrected chi connectivity index (χ1v) is 9.96. The molecule has 0 unspecified atom stereocenters. The molecule has 6 heteroatoms. The van der Waals surface area contributed by atoms with Gasteiger partial charge in [0.2, 0.25) is 0 Å². The molecule has 2 aliphatic rings. The number of aryl methyl sites for hydroxylation is 1. The van der Waals surface area contributed by atoms with Crippen molar-refractivity contribution >= 4 is 11.8 Å². The Balaban J connectivity index is 1.62. The van der Waals surface area contributed by atoms with Crippen LogP contribution in [0.25, 0.3) is 11.3 Å². The lowest BCUT2D eigenvalue weighted by atomic mass is 9.99. The zero-order valence-corrected chi connectivity index (χ0v) is 17.2. The number of hydrogen-bond acceptors (Lipinski definition) is 4. The Kier molecular flexibility index (Phi) is 4.52. The van der Waals surface area contributed by atoms with Crippen molar-refractivity contribution in [3.8, 4) is 11.3 Å².